The van der Waals surface area contributed by atoms with Crippen molar-refractivity contribution in [3.05, 3.63) is 59.4 Å². The normalized spacial score (nSPS) is 10.5. The van der Waals surface area contributed by atoms with Crippen LogP contribution < -0.4 is 10.9 Å². The third-order valence-corrected chi connectivity index (χ3v) is 3.73. The highest BCUT2D eigenvalue weighted by molar-refractivity contribution is 7.80. The number of aromatic hydroxyl groups is 1. The summed E-state index contributed by atoms with van der Waals surface area (Å²) in [6, 6.07) is 7.77. The Labute approximate surface area is 137 Å². The molecule has 0 aliphatic rings. The Morgan fingerprint density at radius 2 is 1.96 bits per heavy atom. The molecule has 0 amide bonds. The van der Waals surface area contributed by atoms with Gasteiger partial charge in [-0.05, 0) is 24.3 Å². The summed E-state index contributed by atoms with van der Waals surface area (Å²) in [6.45, 7) is 0. The SMILES string of the molecule is CNc1cncc(S)c1-c1cc(=O)n(-c2ccc(O)cc2)cn1. The predicted molar refractivity (Wildman–Crippen MR) is 91.5 cm³/mol. The molecule has 0 saturated heterocycles. The Bertz CT molecular complexity index is 907. The van der Waals surface area contributed by atoms with E-state index in [2.05, 4.69) is 27.9 Å². The van der Waals surface area contributed by atoms with Crippen LogP contribution in [0.1, 0.15) is 0 Å². The van der Waals surface area contributed by atoms with E-state index in [-0.39, 0.29) is 11.3 Å². The zero-order valence-electron chi connectivity index (χ0n) is 12.3. The number of hydrogen-bond donors (Lipinski definition) is 3. The summed E-state index contributed by atoms with van der Waals surface area (Å²) in [5.74, 6) is 0.140. The lowest BCUT2D eigenvalue weighted by molar-refractivity contribution is 0.475. The Hall–Kier alpha value is -2.80. The molecular formula is C16H14N4O2S. The summed E-state index contributed by atoms with van der Waals surface area (Å²) < 4.78 is 1.40. The molecule has 0 fully saturated rings. The molecular weight excluding hydrogens is 312 g/mol. The highest BCUT2D eigenvalue weighted by atomic mass is 32.1. The van der Waals surface area contributed by atoms with E-state index >= 15 is 0 Å². The zero-order chi connectivity index (χ0) is 16.4. The molecule has 3 rings (SSSR count). The van der Waals surface area contributed by atoms with E-state index in [0.29, 0.717) is 16.3 Å². The molecule has 0 aliphatic carbocycles. The second kappa shape index (κ2) is 6.13. The van der Waals surface area contributed by atoms with Crippen molar-refractivity contribution in [2.24, 2.45) is 0 Å². The van der Waals surface area contributed by atoms with Crippen molar-refractivity contribution in [3.8, 4) is 22.7 Å². The van der Waals surface area contributed by atoms with E-state index < -0.39 is 0 Å². The van der Waals surface area contributed by atoms with E-state index in [4.69, 9.17) is 0 Å². The highest BCUT2D eigenvalue weighted by Crippen LogP contribution is 2.30. The minimum absolute atomic E-state index is 0.140. The molecule has 0 aliphatic heterocycles. The van der Waals surface area contributed by atoms with E-state index in [0.717, 1.165) is 11.3 Å². The van der Waals surface area contributed by atoms with Gasteiger partial charge in [0.2, 0.25) is 0 Å². The number of nitrogens with zero attached hydrogens (tertiary/aromatic N) is 3. The fraction of sp³-hybridized carbons (Fsp3) is 0.0625. The average Bonchev–Trinajstić information content (AvgIpc) is 2.55. The van der Waals surface area contributed by atoms with Gasteiger partial charge in [0.15, 0.2) is 0 Å². The van der Waals surface area contributed by atoms with Crippen LogP contribution in [-0.2, 0) is 0 Å². The summed E-state index contributed by atoms with van der Waals surface area (Å²) in [4.78, 5) is 21.5. The smallest absolute Gasteiger partial charge is 0.258 e. The number of anilines is 1. The van der Waals surface area contributed by atoms with Crippen LogP contribution in [0.4, 0.5) is 5.69 Å². The second-order valence-corrected chi connectivity index (χ2v) is 5.31. The van der Waals surface area contributed by atoms with Crippen LogP contribution in [0.15, 0.2) is 58.7 Å². The number of pyridine rings is 1. The van der Waals surface area contributed by atoms with Crippen molar-refractivity contribution >= 4 is 18.3 Å². The lowest BCUT2D eigenvalue weighted by atomic mass is 10.1. The van der Waals surface area contributed by atoms with E-state index in [9.17, 15) is 9.90 Å². The van der Waals surface area contributed by atoms with Crippen LogP contribution in [0, 0.1) is 0 Å². The molecule has 2 N–H and O–H groups in total. The second-order valence-electron chi connectivity index (χ2n) is 4.83. The standard InChI is InChI=1S/C16H14N4O2S/c1-17-13-7-18-8-14(23)16(13)12-6-15(22)20(9-19-12)10-2-4-11(21)5-3-10/h2-9,17,21,23H,1H3. The fourth-order valence-electron chi connectivity index (χ4n) is 2.25. The molecule has 7 heteroatoms. The van der Waals surface area contributed by atoms with E-state index in [1.54, 1.807) is 31.6 Å². The molecule has 2 heterocycles. The van der Waals surface area contributed by atoms with Crippen molar-refractivity contribution in [1.29, 1.82) is 0 Å². The lowest BCUT2D eigenvalue weighted by Crippen LogP contribution is -2.18. The molecule has 6 nitrogen and oxygen atoms in total. The third kappa shape index (κ3) is 2.91. The molecule has 2 aromatic heterocycles. The first-order valence-corrected chi connectivity index (χ1v) is 7.28. The van der Waals surface area contributed by atoms with Gasteiger partial charge in [-0.15, -0.1) is 12.6 Å². The molecule has 0 radical (unpaired) electrons. The molecule has 0 spiro atoms. The topological polar surface area (TPSA) is 80.0 Å². The van der Waals surface area contributed by atoms with Crippen LogP contribution in [-0.4, -0.2) is 26.7 Å². The van der Waals surface area contributed by atoms with Gasteiger partial charge in [0.25, 0.3) is 5.56 Å². The minimum Gasteiger partial charge on any atom is -0.508 e. The number of rotatable bonds is 3. The summed E-state index contributed by atoms with van der Waals surface area (Å²) in [6.07, 6.45) is 4.71. The molecule has 0 saturated carbocycles. The van der Waals surface area contributed by atoms with Crippen LogP contribution in [0.5, 0.6) is 5.75 Å². The van der Waals surface area contributed by atoms with Crippen molar-refractivity contribution in [3.63, 3.8) is 0 Å². The Morgan fingerprint density at radius 3 is 2.61 bits per heavy atom. The average molecular weight is 326 g/mol. The van der Waals surface area contributed by atoms with Crippen molar-refractivity contribution < 1.29 is 5.11 Å². The minimum atomic E-state index is -0.229. The van der Waals surface area contributed by atoms with Crippen LogP contribution in [0.3, 0.4) is 0 Å². The van der Waals surface area contributed by atoms with Crippen LogP contribution in [0.2, 0.25) is 0 Å². The highest BCUT2D eigenvalue weighted by Gasteiger charge is 2.12. The number of benzene rings is 1. The molecule has 0 atom stereocenters. The number of phenols is 1. The largest absolute Gasteiger partial charge is 0.508 e. The van der Waals surface area contributed by atoms with Gasteiger partial charge < -0.3 is 10.4 Å². The van der Waals surface area contributed by atoms with Crippen LogP contribution >= 0.6 is 12.6 Å². The first-order valence-electron chi connectivity index (χ1n) is 6.83. The number of aromatic nitrogens is 3. The Balaban J connectivity index is 2.10. The van der Waals surface area contributed by atoms with Crippen molar-refractivity contribution in [2.75, 3.05) is 12.4 Å². The van der Waals surface area contributed by atoms with Gasteiger partial charge in [-0.2, -0.15) is 0 Å². The summed E-state index contributed by atoms with van der Waals surface area (Å²) in [5.41, 5.74) is 2.38. The predicted octanol–water partition coefficient (Wildman–Crippen LogP) is 2.33. The maximum Gasteiger partial charge on any atom is 0.258 e. The van der Waals surface area contributed by atoms with E-state index in [1.165, 1.54) is 29.1 Å². The number of hydrogen-bond acceptors (Lipinski definition) is 6. The number of phenolic OH excluding ortho intramolecular Hbond substituents is 1. The van der Waals surface area contributed by atoms with Gasteiger partial charge in [0, 0.05) is 29.8 Å². The van der Waals surface area contributed by atoms with E-state index in [1.807, 2.05) is 0 Å². The summed E-state index contributed by atoms with van der Waals surface area (Å²) >= 11 is 4.40. The summed E-state index contributed by atoms with van der Waals surface area (Å²) in [7, 11) is 1.77. The zero-order valence-corrected chi connectivity index (χ0v) is 13.2. The molecule has 0 unspecified atom stereocenters. The van der Waals surface area contributed by atoms with Gasteiger partial charge >= 0.3 is 0 Å². The number of nitrogens with one attached hydrogen (secondary N) is 1. The van der Waals surface area contributed by atoms with Gasteiger partial charge in [-0.1, -0.05) is 0 Å². The molecule has 23 heavy (non-hydrogen) atoms. The lowest BCUT2D eigenvalue weighted by Gasteiger charge is -2.11. The maximum atomic E-state index is 12.4. The van der Waals surface area contributed by atoms with Gasteiger partial charge in [0.1, 0.15) is 12.1 Å². The quantitative estimate of drug-likeness (QED) is 0.644. The first kappa shape index (κ1) is 15.1. The molecule has 3 aromatic rings. The van der Waals surface area contributed by atoms with Gasteiger partial charge in [0.05, 0.1) is 23.3 Å². The Morgan fingerprint density at radius 1 is 1.22 bits per heavy atom. The molecule has 116 valence electrons. The van der Waals surface area contributed by atoms with Gasteiger partial charge in [-0.3, -0.25) is 14.3 Å². The van der Waals surface area contributed by atoms with Crippen molar-refractivity contribution in [1.82, 2.24) is 14.5 Å². The Kier molecular flexibility index (Phi) is 4.03. The maximum absolute atomic E-state index is 12.4. The van der Waals surface area contributed by atoms with Gasteiger partial charge in [-0.25, -0.2) is 4.98 Å². The van der Waals surface area contributed by atoms with Crippen molar-refractivity contribution in [2.45, 2.75) is 4.90 Å². The third-order valence-electron chi connectivity index (χ3n) is 3.39. The first-order chi connectivity index (χ1) is 11.1. The fourth-order valence-corrected chi connectivity index (χ4v) is 2.55. The summed E-state index contributed by atoms with van der Waals surface area (Å²) in [5, 5.41) is 12.3. The monoisotopic (exact) mass is 326 g/mol. The number of thiol groups is 1. The molecule has 0 bridgehead atoms. The molecule has 1 aromatic carbocycles. The van der Waals surface area contributed by atoms with Crippen LogP contribution in [0.25, 0.3) is 16.9 Å².